The summed E-state index contributed by atoms with van der Waals surface area (Å²) in [5.41, 5.74) is 0.510. The van der Waals surface area contributed by atoms with Gasteiger partial charge in [-0.05, 0) is 50.7 Å². The average Bonchev–Trinajstić information content (AvgIpc) is 2.73. The smallest absolute Gasteiger partial charge is 0.120 e. The molecule has 1 aromatic heterocycles. The van der Waals surface area contributed by atoms with Crippen molar-refractivity contribution in [1.82, 2.24) is 5.32 Å². The van der Waals surface area contributed by atoms with Gasteiger partial charge in [-0.3, -0.25) is 0 Å². The van der Waals surface area contributed by atoms with Gasteiger partial charge in [-0.1, -0.05) is 13.8 Å². The van der Waals surface area contributed by atoms with Gasteiger partial charge in [-0.15, -0.1) is 0 Å². The molecule has 0 spiro atoms. The molecule has 1 aliphatic carbocycles. The lowest BCUT2D eigenvalue weighted by atomic mass is 9.92. The molecule has 0 aromatic carbocycles. The van der Waals surface area contributed by atoms with Crippen LogP contribution < -0.4 is 5.32 Å². The Morgan fingerprint density at radius 2 is 2.19 bits per heavy atom. The Balaban J connectivity index is 1.91. The Bertz CT molecular complexity index is 353. The van der Waals surface area contributed by atoms with Crippen LogP contribution in [0.15, 0.2) is 16.5 Å². The third kappa shape index (κ3) is 2.67. The van der Waals surface area contributed by atoms with Gasteiger partial charge < -0.3 is 9.73 Å². The second kappa shape index (κ2) is 4.25. The predicted octanol–water partition coefficient (Wildman–Crippen LogP) is 3.82. The maximum atomic E-state index is 5.65. The van der Waals surface area contributed by atoms with Gasteiger partial charge in [0.15, 0.2) is 0 Å². The fourth-order valence-corrected chi connectivity index (χ4v) is 2.70. The largest absolute Gasteiger partial charge is 0.465 e. The first-order valence-electron chi connectivity index (χ1n) is 6.29. The lowest BCUT2D eigenvalue weighted by molar-refractivity contribution is 0.340. The lowest BCUT2D eigenvalue weighted by Crippen LogP contribution is -2.29. The fraction of sp³-hybridized carbons (Fsp3) is 0.714. The molecule has 2 rings (SSSR count). The minimum absolute atomic E-state index is 0.326. The minimum atomic E-state index is 0.326. The van der Waals surface area contributed by atoms with E-state index in [1.165, 1.54) is 19.3 Å². The van der Waals surface area contributed by atoms with Crippen molar-refractivity contribution >= 4 is 0 Å². The highest BCUT2D eigenvalue weighted by molar-refractivity contribution is 5.09. The first kappa shape index (κ1) is 11.7. The van der Waals surface area contributed by atoms with Crippen LogP contribution in [0.5, 0.6) is 0 Å². The molecule has 1 N–H and O–H groups in total. The van der Waals surface area contributed by atoms with Crippen molar-refractivity contribution in [3.63, 3.8) is 0 Å². The van der Waals surface area contributed by atoms with E-state index >= 15 is 0 Å². The van der Waals surface area contributed by atoms with E-state index in [2.05, 4.69) is 32.2 Å². The Morgan fingerprint density at radius 1 is 1.44 bits per heavy atom. The third-order valence-corrected chi connectivity index (χ3v) is 3.64. The van der Waals surface area contributed by atoms with E-state index in [4.69, 9.17) is 4.42 Å². The second-order valence-electron chi connectivity index (χ2n) is 5.94. The Labute approximate surface area is 98.4 Å². The second-order valence-corrected chi connectivity index (χ2v) is 5.94. The van der Waals surface area contributed by atoms with Crippen molar-refractivity contribution in [2.45, 2.75) is 59.0 Å². The van der Waals surface area contributed by atoms with Gasteiger partial charge in [0.05, 0.1) is 6.04 Å². The maximum absolute atomic E-state index is 5.65. The van der Waals surface area contributed by atoms with E-state index < -0.39 is 0 Å². The van der Waals surface area contributed by atoms with Gasteiger partial charge in [-0.25, -0.2) is 0 Å². The first-order chi connectivity index (χ1) is 7.46. The van der Waals surface area contributed by atoms with Crippen LogP contribution in [0.1, 0.15) is 57.6 Å². The van der Waals surface area contributed by atoms with Crippen LogP contribution in [0, 0.1) is 12.3 Å². The summed E-state index contributed by atoms with van der Waals surface area (Å²) < 4.78 is 5.65. The van der Waals surface area contributed by atoms with E-state index in [-0.39, 0.29) is 0 Å². The highest BCUT2D eigenvalue weighted by Crippen LogP contribution is 2.37. The zero-order chi connectivity index (χ0) is 11.8. The molecule has 1 saturated carbocycles. The molecule has 1 aromatic rings. The summed E-state index contributed by atoms with van der Waals surface area (Å²) >= 11 is 0. The fourth-order valence-electron chi connectivity index (χ4n) is 2.70. The average molecular weight is 221 g/mol. The number of furan rings is 1. The van der Waals surface area contributed by atoms with Crippen molar-refractivity contribution < 1.29 is 4.42 Å². The molecule has 1 aliphatic rings. The van der Waals surface area contributed by atoms with Crippen LogP contribution in [-0.2, 0) is 0 Å². The molecule has 0 radical (unpaired) electrons. The molecule has 0 bridgehead atoms. The number of hydrogen-bond acceptors (Lipinski definition) is 2. The molecule has 0 aliphatic heterocycles. The minimum Gasteiger partial charge on any atom is -0.465 e. The van der Waals surface area contributed by atoms with Crippen molar-refractivity contribution in [2.75, 3.05) is 0 Å². The van der Waals surface area contributed by atoms with Crippen LogP contribution in [-0.4, -0.2) is 6.04 Å². The molecule has 2 atom stereocenters. The molecular weight excluding hydrogens is 198 g/mol. The molecular formula is C14H23NO. The van der Waals surface area contributed by atoms with E-state index in [9.17, 15) is 0 Å². The summed E-state index contributed by atoms with van der Waals surface area (Å²) in [7, 11) is 0. The standard InChI is InChI=1S/C14H23NO/c1-10-5-6-13(16-10)11(2)15-12-7-8-14(3,4)9-12/h5-6,11-12,15H,7-9H2,1-4H3. The van der Waals surface area contributed by atoms with Gasteiger partial charge in [0.25, 0.3) is 0 Å². The molecule has 1 fully saturated rings. The van der Waals surface area contributed by atoms with Crippen LogP contribution >= 0.6 is 0 Å². The Morgan fingerprint density at radius 3 is 2.69 bits per heavy atom. The van der Waals surface area contributed by atoms with Gasteiger partial charge in [0.1, 0.15) is 11.5 Å². The van der Waals surface area contributed by atoms with Crippen molar-refractivity contribution in [3.05, 3.63) is 23.7 Å². The normalized spacial score (nSPS) is 25.9. The summed E-state index contributed by atoms with van der Waals surface area (Å²) in [6.45, 7) is 8.89. The Hall–Kier alpha value is -0.760. The van der Waals surface area contributed by atoms with Crippen molar-refractivity contribution in [2.24, 2.45) is 5.41 Å². The topological polar surface area (TPSA) is 25.2 Å². The summed E-state index contributed by atoms with van der Waals surface area (Å²) in [6.07, 6.45) is 3.89. The van der Waals surface area contributed by atoms with Crippen LogP contribution in [0.4, 0.5) is 0 Å². The number of hydrogen-bond donors (Lipinski definition) is 1. The summed E-state index contributed by atoms with van der Waals surface area (Å²) in [5, 5.41) is 3.67. The van der Waals surface area contributed by atoms with Crippen molar-refractivity contribution in [3.8, 4) is 0 Å². The molecule has 2 heteroatoms. The number of aryl methyl sites for hydroxylation is 1. The molecule has 2 nitrogen and oxygen atoms in total. The maximum Gasteiger partial charge on any atom is 0.120 e. The van der Waals surface area contributed by atoms with E-state index in [1.807, 2.05) is 13.0 Å². The van der Waals surface area contributed by atoms with Crippen LogP contribution in [0.2, 0.25) is 0 Å². The molecule has 0 amide bonds. The SMILES string of the molecule is Cc1ccc(C(C)NC2CCC(C)(C)C2)o1. The molecule has 16 heavy (non-hydrogen) atoms. The molecule has 90 valence electrons. The van der Waals surface area contributed by atoms with Gasteiger partial charge in [-0.2, -0.15) is 0 Å². The quantitative estimate of drug-likeness (QED) is 0.839. The Kier molecular flexibility index (Phi) is 3.11. The summed E-state index contributed by atoms with van der Waals surface area (Å²) in [4.78, 5) is 0. The van der Waals surface area contributed by atoms with E-state index in [1.54, 1.807) is 0 Å². The third-order valence-electron chi connectivity index (χ3n) is 3.64. The van der Waals surface area contributed by atoms with Gasteiger partial charge in [0, 0.05) is 6.04 Å². The first-order valence-corrected chi connectivity index (χ1v) is 6.29. The zero-order valence-electron chi connectivity index (χ0n) is 10.8. The number of rotatable bonds is 3. The lowest BCUT2D eigenvalue weighted by Gasteiger charge is -2.20. The van der Waals surface area contributed by atoms with E-state index in [0.29, 0.717) is 17.5 Å². The molecule has 0 saturated heterocycles. The molecule has 1 heterocycles. The van der Waals surface area contributed by atoms with Crippen molar-refractivity contribution in [1.29, 1.82) is 0 Å². The summed E-state index contributed by atoms with van der Waals surface area (Å²) in [6, 6.07) is 5.09. The monoisotopic (exact) mass is 221 g/mol. The summed E-state index contributed by atoms with van der Waals surface area (Å²) in [5.74, 6) is 2.05. The van der Waals surface area contributed by atoms with Gasteiger partial charge in [0.2, 0.25) is 0 Å². The van der Waals surface area contributed by atoms with Gasteiger partial charge >= 0.3 is 0 Å². The highest BCUT2D eigenvalue weighted by Gasteiger charge is 2.31. The van der Waals surface area contributed by atoms with E-state index in [0.717, 1.165) is 11.5 Å². The zero-order valence-corrected chi connectivity index (χ0v) is 10.8. The van der Waals surface area contributed by atoms with Crippen LogP contribution in [0.25, 0.3) is 0 Å². The predicted molar refractivity (Wildman–Crippen MR) is 66.4 cm³/mol. The highest BCUT2D eigenvalue weighted by atomic mass is 16.3. The van der Waals surface area contributed by atoms with Crippen LogP contribution in [0.3, 0.4) is 0 Å². The number of nitrogens with one attached hydrogen (secondary N) is 1. The molecule has 2 unspecified atom stereocenters.